The van der Waals surface area contributed by atoms with Crippen LogP contribution in [0.2, 0.25) is 0 Å². The number of benzene rings is 1. The van der Waals surface area contributed by atoms with E-state index in [4.69, 9.17) is 4.74 Å². The Morgan fingerprint density at radius 3 is 2.37 bits per heavy atom. The van der Waals surface area contributed by atoms with Gasteiger partial charge >= 0.3 is 6.09 Å². The number of carbonyl (C=O) groups excluding carboxylic acids is 2. The van der Waals surface area contributed by atoms with E-state index in [9.17, 15) is 9.59 Å². The lowest BCUT2D eigenvalue weighted by atomic mass is 10.1. The van der Waals surface area contributed by atoms with Crippen LogP contribution in [0, 0.1) is 6.92 Å². The van der Waals surface area contributed by atoms with Crippen molar-refractivity contribution >= 4 is 28.5 Å². The van der Waals surface area contributed by atoms with E-state index in [1.807, 2.05) is 51.1 Å². The normalized spacial score (nSPS) is 10.9. The Labute approximate surface area is 205 Å². The van der Waals surface area contributed by atoms with E-state index in [1.165, 1.54) is 6.92 Å². The van der Waals surface area contributed by atoms with Crippen LogP contribution in [0.15, 0.2) is 54.7 Å². The summed E-state index contributed by atoms with van der Waals surface area (Å²) in [6.45, 7) is 12.8. The Morgan fingerprint density at radius 2 is 1.71 bits per heavy atom. The number of hydrogen-bond donors (Lipinski definition) is 1. The number of Topliss-reactive ketones (excluding diaryl/α,β-unsaturated/α-hetero) is 1. The number of rotatable bonds is 4. The van der Waals surface area contributed by atoms with Crippen molar-refractivity contribution in [3.8, 4) is 17.1 Å². The molecule has 4 rings (SSSR count). The van der Waals surface area contributed by atoms with E-state index in [1.54, 1.807) is 49.8 Å². The van der Waals surface area contributed by atoms with Crippen molar-refractivity contribution in [1.82, 2.24) is 19.7 Å². The molecule has 8 nitrogen and oxygen atoms in total. The van der Waals surface area contributed by atoms with Crippen LogP contribution in [0.5, 0.6) is 0 Å². The van der Waals surface area contributed by atoms with Gasteiger partial charge in [0.05, 0.1) is 23.1 Å². The Bertz CT molecular complexity index is 1370. The summed E-state index contributed by atoms with van der Waals surface area (Å²) >= 11 is 0. The highest BCUT2D eigenvalue weighted by molar-refractivity contribution is 6.02. The van der Waals surface area contributed by atoms with Crippen LogP contribution in [-0.2, 0) is 4.74 Å². The second-order valence-electron chi connectivity index (χ2n) is 8.74. The highest BCUT2D eigenvalue weighted by atomic mass is 16.6. The molecule has 0 aliphatic carbocycles. The zero-order valence-corrected chi connectivity index (χ0v) is 21.2. The van der Waals surface area contributed by atoms with E-state index in [-0.39, 0.29) is 5.78 Å². The lowest BCUT2D eigenvalue weighted by molar-refractivity contribution is 0.0636. The van der Waals surface area contributed by atoms with Crippen molar-refractivity contribution in [3.63, 3.8) is 0 Å². The van der Waals surface area contributed by atoms with Gasteiger partial charge in [-0.15, -0.1) is 0 Å². The van der Waals surface area contributed by atoms with Gasteiger partial charge in [-0.3, -0.25) is 10.1 Å². The molecule has 0 spiro atoms. The van der Waals surface area contributed by atoms with Gasteiger partial charge in [0.25, 0.3) is 0 Å². The average molecular weight is 474 g/mol. The van der Waals surface area contributed by atoms with E-state index in [2.05, 4.69) is 20.4 Å². The largest absolute Gasteiger partial charge is 0.444 e. The summed E-state index contributed by atoms with van der Waals surface area (Å²) in [6, 6.07) is 14.7. The first kappa shape index (κ1) is 25.6. The zero-order chi connectivity index (χ0) is 25.8. The third-order valence-electron chi connectivity index (χ3n) is 4.82. The van der Waals surface area contributed by atoms with Crippen molar-refractivity contribution in [2.75, 3.05) is 5.32 Å². The Morgan fingerprint density at radius 1 is 1.00 bits per heavy atom. The molecule has 0 radical (unpaired) electrons. The van der Waals surface area contributed by atoms with Gasteiger partial charge < -0.3 is 4.74 Å². The predicted octanol–water partition coefficient (Wildman–Crippen LogP) is 6.37. The fraction of sp³-hybridized carbons (Fsp3) is 0.296. The quantitative estimate of drug-likeness (QED) is 0.346. The summed E-state index contributed by atoms with van der Waals surface area (Å²) in [7, 11) is 0. The first-order valence-electron chi connectivity index (χ1n) is 11.5. The number of nitrogens with one attached hydrogen (secondary N) is 1. The second-order valence-corrected chi connectivity index (χ2v) is 8.74. The van der Waals surface area contributed by atoms with E-state index in [0.29, 0.717) is 28.5 Å². The monoisotopic (exact) mass is 473 g/mol. The molecular formula is C27H31N5O3. The number of hydrogen-bond acceptors (Lipinski definition) is 6. The summed E-state index contributed by atoms with van der Waals surface area (Å²) in [6.07, 6.45) is 1.10. The van der Waals surface area contributed by atoms with Gasteiger partial charge in [0.2, 0.25) is 0 Å². The van der Waals surface area contributed by atoms with Crippen molar-refractivity contribution in [1.29, 1.82) is 0 Å². The predicted molar refractivity (Wildman–Crippen MR) is 138 cm³/mol. The number of aryl methyl sites for hydroxylation is 1. The average Bonchev–Trinajstić information content (AvgIpc) is 3.23. The first-order valence-corrected chi connectivity index (χ1v) is 11.5. The maximum absolute atomic E-state index is 12.6. The highest BCUT2D eigenvalue weighted by Gasteiger charge is 2.19. The summed E-state index contributed by atoms with van der Waals surface area (Å²) in [5, 5.41) is 8.07. The van der Waals surface area contributed by atoms with E-state index < -0.39 is 11.7 Å². The smallest absolute Gasteiger partial charge is 0.412 e. The topological polar surface area (TPSA) is 99.0 Å². The number of nitrogens with zero attached hydrogens (tertiary/aromatic N) is 4. The Hall–Kier alpha value is -4.07. The lowest BCUT2D eigenvalue weighted by Crippen LogP contribution is -2.27. The van der Waals surface area contributed by atoms with Gasteiger partial charge in [-0.1, -0.05) is 26.0 Å². The van der Waals surface area contributed by atoms with Crippen LogP contribution in [0.4, 0.5) is 10.5 Å². The number of anilines is 1. The van der Waals surface area contributed by atoms with Gasteiger partial charge in [-0.25, -0.2) is 19.4 Å². The standard InChI is InChI=1S/C25H25N5O3.C2H6/c1-15-8-6-11-23(27-15)30-22-13-17(20-10-7-9-19(28-20)16(2)31)12-21(18(22)14-26-30)29-24(32)33-25(3,4)5;1-2/h6-14H,1-5H3,(H,29,32);1-2H3. The Kier molecular flexibility index (Phi) is 7.64. The number of fused-ring (bicyclic) bond motifs is 1. The minimum Gasteiger partial charge on any atom is -0.444 e. The van der Waals surface area contributed by atoms with Gasteiger partial charge in [-0.05, 0) is 64.1 Å². The van der Waals surface area contributed by atoms with Crippen LogP contribution in [0.3, 0.4) is 0 Å². The van der Waals surface area contributed by atoms with Crippen LogP contribution in [-0.4, -0.2) is 37.2 Å². The number of aromatic nitrogens is 4. The third kappa shape index (κ3) is 6.09. The molecule has 0 aliphatic heterocycles. The zero-order valence-electron chi connectivity index (χ0n) is 21.2. The summed E-state index contributed by atoms with van der Waals surface area (Å²) in [5.74, 6) is 0.523. The minimum absolute atomic E-state index is 0.126. The molecule has 1 amide bonds. The van der Waals surface area contributed by atoms with Crippen LogP contribution in [0.1, 0.15) is 57.7 Å². The molecule has 0 atom stereocenters. The molecule has 0 saturated heterocycles. The summed E-state index contributed by atoms with van der Waals surface area (Å²) in [4.78, 5) is 33.5. The van der Waals surface area contributed by atoms with Crippen molar-refractivity contribution < 1.29 is 14.3 Å². The van der Waals surface area contributed by atoms with Crippen molar-refractivity contribution in [3.05, 3.63) is 66.1 Å². The number of carbonyl (C=O) groups is 2. The molecule has 1 aromatic carbocycles. The number of pyridine rings is 2. The molecule has 3 aromatic heterocycles. The van der Waals surface area contributed by atoms with E-state index >= 15 is 0 Å². The molecule has 0 unspecified atom stereocenters. The van der Waals surface area contributed by atoms with Crippen LogP contribution < -0.4 is 5.32 Å². The number of amides is 1. The number of ketones is 1. The van der Waals surface area contributed by atoms with Gasteiger partial charge in [0, 0.05) is 23.6 Å². The molecule has 1 N–H and O–H groups in total. The maximum Gasteiger partial charge on any atom is 0.412 e. The molecule has 35 heavy (non-hydrogen) atoms. The van der Waals surface area contributed by atoms with Crippen LogP contribution >= 0.6 is 0 Å². The second kappa shape index (κ2) is 10.5. The number of ether oxygens (including phenoxy) is 1. The van der Waals surface area contributed by atoms with Gasteiger partial charge in [-0.2, -0.15) is 5.10 Å². The molecule has 182 valence electrons. The third-order valence-corrected chi connectivity index (χ3v) is 4.82. The fourth-order valence-corrected chi connectivity index (χ4v) is 3.41. The first-order chi connectivity index (χ1) is 16.6. The molecule has 0 fully saturated rings. The van der Waals surface area contributed by atoms with E-state index in [0.717, 1.165) is 16.6 Å². The molecule has 0 bridgehead atoms. The van der Waals surface area contributed by atoms with Gasteiger partial charge in [0.15, 0.2) is 11.6 Å². The SMILES string of the molecule is CC.CC(=O)c1cccc(-c2cc(NC(=O)OC(C)(C)C)c3cnn(-c4cccc(C)n4)c3c2)n1. The molecule has 0 saturated carbocycles. The summed E-state index contributed by atoms with van der Waals surface area (Å²) < 4.78 is 7.15. The molecule has 8 heteroatoms. The minimum atomic E-state index is -0.645. The highest BCUT2D eigenvalue weighted by Crippen LogP contribution is 2.32. The molecular weight excluding hydrogens is 442 g/mol. The molecule has 3 heterocycles. The maximum atomic E-state index is 12.6. The Balaban J connectivity index is 0.00000167. The summed E-state index contributed by atoms with van der Waals surface area (Å²) in [5.41, 5.74) is 3.14. The lowest BCUT2D eigenvalue weighted by Gasteiger charge is -2.20. The fourth-order valence-electron chi connectivity index (χ4n) is 3.41. The van der Waals surface area contributed by atoms with Crippen molar-refractivity contribution in [2.45, 2.75) is 54.1 Å². The van der Waals surface area contributed by atoms with Gasteiger partial charge in [0.1, 0.15) is 11.3 Å². The van der Waals surface area contributed by atoms with Crippen LogP contribution in [0.25, 0.3) is 28.0 Å². The molecule has 0 aliphatic rings. The van der Waals surface area contributed by atoms with Crippen molar-refractivity contribution in [2.24, 2.45) is 0 Å². The molecule has 4 aromatic rings.